The summed E-state index contributed by atoms with van der Waals surface area (Å²) < 4.78 is 10.4. The highest BCUT2D eigenvalue weighted by atomic mass is 16.5. The van der Waals surface area contributed by atoms with Gasteiger partial charge in [0.15, 0.2) is 0 Å². The zero-order valence-corrected chi connectivity index (χ0v) is 26.1. The first-order valence-corrected chi connectivity index (χ1v) is 16.0. The molecule has 0 unspecified atom stereocenters. The Morgan fingerprint density at radius 1 is 0.688 bits per heavy atom. The summed E-state index contributed by atoms with van der Waals surface area (Å²) in [7, 11) is 0. The Morgan fingerprint density at radius 2 is 1.40 bits per heavy atom. The van der Waals surface area contributed by atoms with Crippen molar-refractivity contribution in [2.45, 2.75) is 0 Å². The molecule has 1 aliphatic heterocycles. The number of para-hydroxylation sites is 4. The second-order valence-electron chi connectivity index (χ2n) is 12.0. The Balaban J connectivity index is 1.08. The van der Waals surface area contributed by atoms with Crippen LogP contribution < -0.4 is 4.74 Å². The van der Waals surface area contributed by atoms with Crippen LogP contribution in [0.15, 0.2) is 165 Å². The van der Waals surface area contributed by atoms with E-state index in [-0.39, 0.29) is 0 Å². The minimum absolute atomic E-state index is 0.591. The number of allylic oxidation sites excluding steroid dienone is 4. The normalized spacial score (nSPS) is 13.5. The molecule has 0 saturated heterocycles. The Kier molecular flexibility index (Phi) is 6.61. The number of rotatable bonds is 6. The molecule has 1 aliphatic rings. The Bertz CT molecular complexity index is 2570. The average molecular weight is 619 g/mol. The van der Waals surface area contributed by atoms with Crippen LogP contribution in [-0.4, -0.2) is 25.7 Å². The second-order valence-corrected chi connectivity index (χ2v) is 12.0. The van der Waals surface area contributed by atoms with E-state index in [1.807, 2.05) is 48.8 Å². The van der Waals surface area contributed by atoms with Crippen molar-refractivity contribution in [3.8, 4) is 28.5 Å². The van der Waals surface area contributed by atoms with Crippen molar-refractivity contribution < 1.29 is 4.74 Å². The van der Waals surface area contributed by atoms with Crippen LogP contribution in [-0.2, 0) is 0 Å². The third-order valence-corrected chi connectivity index (χ3v) is 9.12. The van der Waals surface area contributed by atoms with Gasteiger partial charge in [-0.05, 0) is 83.9 Å². The molecule has 0 N–H and O–H groups in total. The van der Waals surface area contributed by atoms with Crippen LogP contribution in [0.25, 0.3) is 66.7 Å². The fraction of sp³-hybridized carbons (Fsp3) is 0.0233. The number of hydrogen-bond donors (Lipinski definition) is 0. The summed E-state index contributed by atoms with van der Waals surface area (Å²) >= 11 is 0. The van der Waals surface area contributed by atoms with Gasteiger partial charge in [0.1, 0.15) is 18.2 Å². The topological polar surface area (TPSA) is 44.9 Å². The molecule has 48 heavy (non-hydrogen) atoms. The quantitative estimate of drug-likeness (QED) is 0.174. The SMILES string of the molecule is C=C(/C=C\C=C1/COc2ccccc21)c1ccc2c(c1)c1ccccc1n2-c1ccc(-n2c(-c3ccncc3)nc3ccccc32)cc1. The molecule has 9 rings (SSSR count). The average Bonchev–Trinajstić information content (AvgIpc) is 3.84. The van der Waals surface area contributed by atoms with E-state index in [0.717, 1.165) is 67.3 Å². The van der Waals surface area contributed by atoms with Gasteiger partial charge in [0, 0.05) is 51.2 Å². The summed E-state index contributed by atoms with van der Waals surface area (Å²) in [6.45, 7) is 5.00. The third-order valence-electron chi connectivity index (χ3n) is 9.12. The lowest BCUT2D eigenvalue weighted by Gasteiger charge is -2.12. The second kappa shape index (κ2) is 11.4. The number of fused-ring (bicyclic) bond motifs is 5. The predicted octanol–water partition coefficient (Wildman–Crippen LogP) is 10.2. The molecule has 0 aliphatic carbocycles. The van der Waals surface area contributed by atoms with Gasteiger partial charge < -0.3 is 9.30 Å². The van der Waals surface area contributed by atoms with Crippen LogP contribution in [0.3, 0.4) is 0 Å². The van der Waals surface area contributed by atoms with Crippen molar-refractivity contribution in [1.29, 1.82) is 0 Å². The summed E-state index contributed by atoms with van der Waals surface area (Å²) in [4.78, 5) is 9.21. The number of hydrogen-bond acceptors (Lipinski definition) is 3. The van der Waals surface area contributed by atoms with Gasteiger partial charge in [-0.2, -0.15) is 0 Å². The maximum Gasteiger partial charge on any atom is 0.145 e. The molecule has 5 nitrogen and oxygen atoms in total. The lowest BCUT2D eigenvalue weighted by Crippen LogP contribution is -1.99. The predicted molar refractivity (Wildman–Crippen MR) is 197 cm³/mol. The van der Waals surface area contributed by atoms with Gasteiger partial charge in [-0.1, -0.05) is 79.4 Å². The molecule has 5 heteroatoms. The minimum Gasteiger partial charge on any atom is -0.488 e. The zero-order valence-electron chi connectivity index (χ0n) is 26.1. The van der Waals surface area contributed by atoms with Crippen molar-refractivity contribution in [1.82, 2.24) is 19.1 Å². The van der Waals surface area contributed by atoms with E-state index in [1.54, 1.807) is 0 Å². The van der Waals surface area contributed by atoms with Crippen molar-refractivity contribution in [2.24, 2.45) is 0 Å². The van der Waals surface area contributed by atoms with Crippen molar-refractivity contribution in [2.75, 3.05) is 6.61 Å². The van der Waals surface area contributed by atoms with Gasteiger partial charge in [0.25, 0.3) is 0 Å². The van der Waals surface area contributed by atoms with Crippen LogP contribution in [0.1, 0.15) is 11.1 Å². The Hall–Kier alpha value is -6.46. The first kappa shape index (κ1) is 27.8. The fourth-order valence-electron chi connectivity index (χ4n) is 6.79. The van der Waals surface area contributed by atoms with E-state index in [9.17, 15) is 0 Å². The molecule has 0 saturated carbocycles. The van der Waals surface area contributed by atoms with Crippen LogP contribution in [0.4, 0.5) is 0 Å². The smallest absolute Gasteiger partial charge is 0.145 e. The van der Waals surface area contributed by atoms with Gasteiger partial charge >= 0.3 is 0 Å². The maximum absolute atomic E-state index is 5.81. The monoisotopic (exact) mass is 618 g/mol. The first-order valence-electron chi connectivity index (χ1n) is 16.0. The molecule has 8 aromatic rings. The molecule has 0 bridgehead atoms. The van der Waals surface area contributed by atoms with Gasteiger partial charge in [0.05, 0.1) is 22.1 Å². The summed E-state index contributed by atoms with van der Waals surface area (Å²) in [6, 6.07) is 44.4. The Labute approximate surface area is 278 Å². The maximum atomic E-state index is 5.81. The molecule has 0 radical (unpaired) electrons. The molecule has 228 valence electrons. The van der Waals surface area contributed by atoms with Gasteiger partial charge in [-0.3, -0.25) is 9.55 Å². The van der Waals surface area contributed by atoms with E-state index in [4.69, 9.17) is 9.72 Å². The van der Waals surface area contributed by atoms with Crippen LogP contribution in [0.5, 0.6) is 5.75 Å². The van der Waals surface area contributed by atoms with Gasteiger partial charge in [-0.25, -0.2) is 4.98 Å². The molecule has 4 heterocycles. The number of imidazole rings is 1. The van der Waals surface area contributed by atoms with Gasteiger partial charge in [0.2, 0.25) is 0 Å². The summed E-state index contributed by atoms with van der Waals surface area (Å²) in [5.41, 5.74) is 11.9. The van der Waals surface area contributed by atoms with Crippen LogP contribution in [0.2, 0.25) is 0 Å². The summed E-state index contributed by atoms with van der Waals surface area (Å²) in [6.07, 6.45) is 9.89. The number of aromatic nitrogens is 4. The number of nitrogens with zero attached hydrogens (tertiary/aromatic N) is 4. The fourth-order valence-corrected chi connectivity index (χ4v) is 6.79. The van der Waals surface area contributed by atoms with E-state index < -0.39 is 0 Å². The molecule has 0 spiro atoms. The largest absolute Gasteiger partial charge is 0.488 e. The number of pyridine rings is 1. The molecule has 0 fully saturated rings. The van der Waals surface area contributed by atoms with E-state index in [1.165, 1.54) is 16.3 Å². The third kappa shape index (κ3) is 4.64. The highest BCUT2D eigenvalue weighted by molar-refractivity contribution is 6.10. The van der Waals surface area contributed by atoms with E-state index >= 15 is 0 Å². The number of ether oxygens (including phenoxy) is 1. The lowest BCUT2D eigenvalue weighted by molar-refractivity contribution is 0.388. The summed E-state index contributed by atoms with van der Waals surface area (Å²) in [5.74, 6) is 1.83. The molecule has 3 aromatic heterocycles. The van der Waals surface area contributed by atoms with E-state index in [0.29, 0.717) is 6.61 Å². The first-order chi connectivity index (χ1) is 23.7. The van der Waals surface area contributed by atoms with Gasteiger partial charge in [-0.15, -0.1) is 0 Å². The Morgan fingerprint density at radius 3 is 2.25 bits per heavy atom. The molecular formula is C43H30N4O. The van der Waals surface area contributed by atoms with E-state index in [2.05, 4.69) is 130 Å². The lowest BCUT2D eigenvalue weighted by atomic mass is 10.0. The van der Waals surface area contributed by atoms with Crippen molar-refractivity contribution >= 4 is 44.0 Å². The van der Waals surface area contributed by atoms with Crippen molar-refractivity contribution in [3.05, 3.63) is 176 Å². The standard InChI is InChI=1S/C43H30N4O/c1-29(9-8-10-32-28-48-42-16-7-3-11-35(32)42)31-17-22-40-37(27-31)36-12-2-5-14-39(36)46(40)33-18-20-34(21-19-33)47-41-15-6-4-13-38(41)45-43(47)30-23-25-44-26-24-30/h2-27H,1,28H2/b9-8-,32-10+. The molecule has 0 amide bonds. The number of benzene rings is 5. The van der Waals surface area contributed by atoms with Crippen LogP contribution in [0, 0.1) is 0 Å². The zero-order chi connectivity index (χ0) is 32.0. The molecular weight excluding hydrogens is 589 g/mol. The molecule has 5 aromatic carbocycles. The van der Waals surface area contributed by atoms with Crippen LogP contribution >= 0.6 is 0 Å². The highest BCUT2D eigenvalue weighted by Gasteiger charge is 2.17. The minimum atomic E-state index is 0.591. The highest BCUT2D eigenvalue weighted by Crippen LogP contribution is 2.36. The molecule has 0 atom stereocenters. The van der Waals surface area contributed by atoms with Crippen molar-refractivity contribution in [3.63, 3.8) is 0 Å². The summed E-state index contributed by atoms with van der Waals surface area (Å²) in [5, 5.41) is 2.40.